The van der Waals surface area contributed by atoms with Crippen molar-refractivity contribution in [3.8, 4) is 23.0 Å². The van der Waals surface area contributed by atoms with Gasteiger partial charge in [-0.25, -0.2) is 4.79 Å². The first-order valence-electron chi connectivity index (χ1n) is 6.88. The average molecular weight is 316 g/mol. The Hall–Kier alpha value is -2.89. The summed E-state index contributed by atoms with van der Waals surface area (Å²) in [4.78, 5) is 12.3. The molecule has 0 aliphatic rings. The second kappa shape index (κ2) is 5.72. The summed E-state index contributed by atoms with van der Waals surface area (Å²) in [5.74, 6) is 1.93. The number of benzene rings is 2. The molecule has 1 heterocycles. The van der Waals surface area contributed by atoms with E-state index in [1.165, 1.54) is 28.4 Å². The van der Waals surface area contributed by atoms with Crippen LogP contribution in [0.4, 0.5) is 0 Å². The molecule has 23 heavy (non-hydrogen) atoms. The Morgan fingerprint density at radius 1 is 0.826 bits per heavy atom. The standard InChI is InChI=1S/C17H16O6/c1-19-9-5-6-10-11(7-9)17(18)23-16-13(21-3)8-12(20-2)15(22-4)14(10)16/h5-8H,1-4H3. The summed E-state index contributed by atoms with van der Waals surface area (Å²) in [6, 6.07) is 6.81. The molecule has 120 valence electrons. The summed E-state index contributed by atoms with van der Waals surface area (Å²) < 4.78 is 26.8. The first-order valence-corrected chi connectivity index (χ1v) is 6.88. The number of hydrogen-bond donors (Lipinski definition) is 0. The molecule has 0 saturated carbocycles. The summed E-state index contributed by atoms with van der Waals surface area (Å²) in [6.07, 6.45) is 0. The molecule has 3 rings (SSSR count). The van der Waals surface area contributed by atoms with E-state index in [4.69, 9.17) is 23.4 Å². The minimum Gasteiger partial charge on any atom is -0.497 e. The highest BCUT2D eigenvalue weighted by Crippen LogP contribution is 2.44. The Morgan fingerprint density at radius 2 is 1.57 bits per heavy atom. The van der Waals surface area contributed by atoms with Gasteiger partial charge in [-0.2, -0.15) is 0 Å². The summed E-state index contributed by atoms with van der Waals surface area (Å²) in [6.45, 7) is 0. The molecule has 0 bridgehead atoms. The quantitative estimate of drug-likeness (QED) is 0.544. The summed E-state index contributed by atoms with van der Waals surface area (Å²) in [5.41, 5.74) is -0.162. The topological polar surface area (TPSA) is 67.1 Å². The molecule has 1 aromatic heterocycles. The molecule has 0 spiro atoms. The molecule has 0 fully saturated rings. The molecular weight excluding hydrogens is 300 g/mol. The number of methoxy groups -OCH3 is 4. The lowest BCUT2D eigenvalue weighted by Gasteiger charge is -2.14. The average Bonchev–Trinajstić information content (AvgIpc) is 2.60. The van der Waals surface area contributed by atoms with Crippen molar-refractivity contribution in [1.29, 1.82) is 0 Å². The van der Waals surface area contributed by atoms with Gasteiger partial charge < -0.3 is 23.4 Å². The van der Waals surface area contributed by atoms with E-state index in [0.29, 0.717) is 44.7 Å². The number of fused-ring (bicyclic) bond motifs is 3. The van der Waals surface area contributed by atoms with Gasteiger partial charge in [0.05, 0.1) is 39.2 Å². The highest BCUT2D eigenvalue weighted by atomic mass is 16.5. The van der Waals surface area contributed by atoms with Crippen molar-refractivity contribution in [2.24, 2.45) is 0 Å². The van der Waals surface area contributed by atoms with E-state index in [9.17, 15) is 4.79 Å². The van der Waals surface area contributed by atoms with Gasteiger partial charge in [0.25, 0.3) is 0 Å². The van der Waals surface area contributed by atoms with Crippen molar-refractivity contribution < 1.29 is 23.4 Å². The van der Waals surface area contributed by atoms with Gasteiger partial charge in [-0.3, -0.25) is 0 Å². The Morgan fingerprint density at radius 3 is 2.17 bits per heavy atom. The van der Waals surface area contributed by atoms with Gasteiger partial charge in [0.1, 0.15) is 5.75 Å². The van der Waals surface area contributed by atoms with Crippen LogP contribution in [-0.4, -0.2) is 28.4 Å². The largest absolute Gasteiger partial charge is 0.497 e. The Labute approximate surface area is 132 Å². The fourth-order valence-electron chi connectivity index (χ4n) is 2.64. The summed E-state index contributed by atoms with van der Waals surface area (Å²) in [7, 11) is 6.10. The van der Waals surface area contributed by atoms with Crippen LogP contribution in [0.15, 0.2) is 33.5 Å². The van der Waals surface area contributed by atoms with E-state index in [0.717, 1.165) is 0 Å². The fraction of sp³-hybridized carbons (Fsp3) is 0.235. The van der Waals surface area contributed by atoms with Crippen LogP contribution < -0.4 is 24.6 Å². The second-order valence-electron chi connectivity index (χ2n) is 4.82. The van der Waals surface area contributed by atoms with Crippen LogP contribution in [0.1, 0.15) is 0 Å². The molecule has 0 aliphatic heterocycles. The van der Waals surface area contributed by atoms with Crippen LogP contribution in [0, 0.1) is 0 Å². The van der Waals surface area contributed by atoms with Crippen LogP contribution in [0.25, 0.3) is 21.7 Å². The molecule has 0 amide bonds. The summed E-state index contributed by atoms with van der Waals surface area (Å²) in [5, 5.41) is 1.68. The first kappa shape index (κ1) is 15.0. The predicted octanol–water partition coefficient (Wildman–Crippen LogP) is 2.98. The van der Waals surface area contributed by atoms with Crippen molar-refractivity contribution in [2.45, 2.75) is 0 Å². The van der Waals surface area contributed by atoms with Crippen LogP contribution in [0.3, 0.4) is 0 Å². The molecule has 0 N–H and O–H groups in total. The van der Waals surface area contributed by atoms with Gasteiger partial charge >= 0.3 is 5.63 Å². The van der Waals surface area contributed by atoms with E-state index in [1.807, 2.05) is 0 Å². The van der Waals surface area contributed by atoms with Crippen molar-refractivity contribution in [1.82, 2.24) is 0 Å². The lowest BCUT2D eigenvalue weighted by atomic mass is 10.1. The minimum atomic E-state index is -0.475. The molecule has 0 atom stereocenters. The van der Waals surface area contributed by atoms with Crippen LogP contribution in [0.2, 0.25) is 0 Å². The smallest absolute Gasteiger partial charge is 0.344 e. The highest BCUT2D eigenvalue weighted by Gasteiger charge is 2.20. The van der Waals surface area contributed by atoms with Gasteiger partial charge in [0, 0.05) is 11.5 Å². The van der Waals surface area contributed by atoms with Crippen LogP contribution >= 0.6 is 0 Å². The maximum atomic E-state index is 12.3. The Balaban J connectivity index is 2.58. The lowest BCUT2D eigenvalue weighted by molar-refractivity contribution is 0.351. The third-order valence-electron chi connectivity index (χ3n) is 3.72. The molecule has 0 unspecified atom stereocenters. The molecule has 2 aromatic carbocycles. The van der Waals surface area contributed by atoms with E-state index in [1.54, 1.807) is 24.3 Å². The predicted molar refractivity (Wildman–Crippen MR) is 86.2 cm³/mol. The second-order valence-corrected chi connectivity index (χ2v) is 4.82. The maximum Gasteiger partial charge on any atom is 0.344 e. The van der Waals surface area contributed by atoms with E-state index in [2.05, 4.69) is 0 Å². The zero-order valence-corrected chi connectivity index (χ0v) is 13.3. The van der Waals surface area contributed by atoms with Gasteiger partial charge in [-0.1, -0.05) is 0 Å². The fourth-order valence-corrected chi connectivity index (χ4v) is 2.64. The van der Waals surface area contributed by atoms with Crippen molar-refractivity contribution >= 4 is 21.7 Å². The normalized spacial score (nSPS) is 10.8. The minimum absolute atomic E-state index is 0.313. The van der Waals surface area contributed by atoms with Gasteiger partial charge in [0.15, 0.2) is 22.8 Å². The maximum absolute atomic E-state index is 12.3. The molecule has 6 nitrogen and oxygen atoms in total. The van der Waals surface area contributed by atoms with Gasteiger partial charge in [-0.05, 0) is 18.2 Å². The SMILES string of the molecule is COc1ccc2c(c1)c(=O)oc1c(OC)cc(OC)c(OC)c12. The lowest BCUT2D eigenvalue weighted by Crippen LogP contribution is -2.03. The molecule has 0 aliphatic carbocycles. The van der Waals surface area contributed by atoms with Gasteiger partial charge in [-0.15, -0.1) is 0 Å². The number of ether oxygens (including phenoxy) is 4. The van der Waals surface area contributed by atoms with Crippen LogP contribution in [-0.2, 0) is 0 Å². The van der Waals surface area contributed by atoms with E-state index >= 15 is 0 Å². The Kier molecular flexibility index (Phi) is 3.73. The molecule has 6 heteroatoms. The van der Waals surface area contributed by atoms with Crippen molar-refractivity contribution in [2.75, 3.05) is 28.4 Å². The zero-order valence-electron chi connectivity index (χ0n) is 13.3. The third-order valence-corrected chi connectivity index (χ3v) is 3.72. The van der Waals surface area contributed by atoms with Crippen LogP contribution in [0.5, 0.6) is 23.0 Å². The third kappa shape index (κ3) is 2.23. The monoisotopic (exact) mass is 316 g/mol. The molecular formula is C17H16O6. The molecule has 0 saturated heterocycles. The number of rotatable bonds is 4. The number of hydrogen-bond acceptors (Lipinski definition) is 6. The highest BCUT2D eigenvalue weighted by molar-refractivity contribution is 6.10. The molecule has 3 aromatic rings. The Bertz CT molecular complexity index is 941. The van der Waals surface area contributed by atoms with Crippen molar-refractivity contribution in [3.63, 3.8) is 0 Å². The first-order chi connectivity index (χ1) is 11.1. The van der Waals surface area contributed by atoms with E-state index < -0.39 is 5.63 Å². The van der Waals surface area contributed by atoms with Gasteiger partial charge in [0.2, 0.25) is 0 Å². The van der Waals surface area contributed by atoms with Crippen molar-refractivity contribution in [3.05, 3.63) is 34.7 Å². The summed E-state index contributed by atoms with van der Waals surface area (Å²) >= 11 is 0. The molecule has 0 radical (unpaired) electrons. The van der Waals surface area contributed by atoms with E-state index in [-0.39, 0.29) is 0 Å². The zero-order chi connectivity index (χ0) is 16.6.